The topological polar surface area (TPSA) is 42.2 Å². The zero-order chi connectivity index (χ0) is 12.0. The van der Waals surface area contributed by atoms with Gasteiger partial charge in [0.15, 0.2) is 9.03 Å². The van der Waals surface area contributed by atoms with Crippen LogP contribution >= 0.6 is 9.03 Å². The van der Waals surface area contributed by atoms with E-state index < -0.39 is 0 Å². The van der Waals surface area contributed by atoms with Crippen LogP contribution in [0.3, 0.4) is 0 Å². The van der Waals surface area contributed by atoms with E-state index in [1.807, 2.05) is 18.2 Å². The van der Waals surface area contributed by atoms with Gasteiger partial charge in [-0.2, -0.15) is 5.26 Å². The highest BCUT2D eigenvalue weighted by molar-refractivity contribution is 7.26. The van der Waals surface area contributed by atoms with Crippen LogP contribution in [0.5, 0.6) is 0 Å². The summed E-state index contributed by atoms with van der Waals surface area (Å²) in [4.78, 5) is 0. The van der Waals surface area contributed by atoms with Crippen molar-refractivity contribution in [3.63, 3.8) is 0 Å². The molecule has 1 saturated heterocycles. The van der Waals surface area contributed by atoms with Gasteiger partial charge in [-0.15, -0.1) is 0 Å². The molecule has 0 spiro atoms. The molecule has 1 fully saturated rings. The fourth-order valence-electron chi connectivity index (χ4n) is 3.04. The molecule has 1 aliphatic heterocycles. The Labute approximate surface area is 103 Å². The third kappa shape index (κ3) is 1.32. The van der Waals surface area contributed by atoms with Crippen LogP contribution in [0, 0.1) is 11.3 Å². The summed E-state index contributed by atoms with van der Waals surface area (Å²) in [7, 11) is 0.136. The summed E-state index contributed by atoms with van der Waals surface area (Å²) in [5.41, 5.74) is 2.85. The smallest absolute Gasteiger partial charge is 0.156 e. The Morgan fingerprint density at radius 3 is 3.06 bits per heavy atom. The predicted molar refractivity (Wildman–Crippen MR) is 65.8 cm³/mol. The van der Waals surface area contributed by atoms with Gasteiger partial charge in [0.25, 0.3) is 0 Å². The van der Waals surface area contributed by atoms with E-state index >= 15 is 0 Å². The van der Waals surface area contributed by atoms with E-state index in [1.165, 1.54) is 11.1 Å². The highest BCUT2D eigenvalue weighted by Crippen LogP contribution is 2.59. The van der Waals surface area contributed by atoms with E-state index in [9.17, 15) is 0 Å². The Hall–Kier alpha value is -0.940. The molecule has 3 rings (SSSR count). The Morgan fingerprint density at radius 2 is 2.35 bits per heavy atom. The second-order valence-electron chi connectivity index (χ2n) is 4.67. The van der Waals surface area contributed by atoms with Crippen LogP contribution in [-0.4, -0.2) is 6.10 Å². The summed E-state index contributed by atoms with van der Waals surface area (Å²) in [6.45, 7) is 4.29. The van der Waals surface area contributed by atoms with Crippen molar-refractivity contribution in [3.05, 3.63) is 34.9 Å². The van der Waals surface area contributed by atoms with Crippen LogP contribution in [0.2, 0.25) is 0 Å². The number of nitriles is 1. The molecule has 2 aliphatic rings. The Balaban J connectivity index is 2.19. The van der Waals surface area contributed by atoms with Crippen molar-refractivity contribution in [2.75, 3.05) is 0 Å². The van der Waals surface area contributed by atoms with E-state index in [-0.39, 0.29) is 20.7 Å². The lowest BCUT2D eigenvalue weighted by Gasteiger charge is -2.26. The van der Waals surface area contributed by atoms with Gasteiger partial charge in [0.05, 0.1) is 11.6 Å². The number of benzene rings is 1. The van der Waals surface area contributed by atoms with Gasteiger partial charge in [-0.3, -0.25) is 0 Å². The number of nitrogens with zero attached hydrogens (tertiary/aromatic N) is 1. The average Bonchev–Trinajstić information content (AvgIpc) is 2.89. The summed E-state index contributed by atoms with van der Waals surface area (Å²) >= 11 is 0. The van der Waals surface area contributed by atoms with Crippen LogP contribution in [0.15, 0.2) is 18.2 Å². The molecule has 0 amide bonds. The van der Waals surface area contributed by atoms with Gasteiger partial charge < -0.3 is 9.05 Å². The van der Waals surface area contributed by atoms with Gasteiger partial charge in [0.2, 0.25) is 0 Å². The first kappa shape index (κ1) is 11.2. The second kappa shape index (κ2) is 3.78. The Morgan fingerprint density at radius 1 is 1.53 bits per heavy atom. The molecule has 1 heterocycles. The molecule has 3 nitrogen and oxygen atoms in total. The maximum Gasteiger partial charge on any atom is 0.156 e. The standard InChI is InChI=1S/C13H14NO2P/c1-3-13-11-5-4-9(7-14)6-10(11)8(2)12(13)15-17-16-13/h4-6,8,12,17H,3H2,1-2H3. The Kier molecular flexibility index (Phi) is 2.48. The molecule has 88 valence electrons. The maximum atomic E-state index is 8.97. The zero-order valence-corrected chi connectivity index (χ0v) is 10.9. The van der Waals surface area contributed by atoms with Crippen LogP contribution in [0.1, 0.15) is 42.9 Å². The molecule has 1 aliphatic carbocycles. The summed E-state index contributed by atoms with van der Waals surface area (Å²) in [5, 5.41) is 8.97. The van der Waals surface area contributed by atoms with Crippen molar-refractivity contribution < 1.29 is 9.05 Å². The van der Waals surface area contributed by atoms with Gasteiger partial charge in [0, 0.05) is 5.92 Å². The normalized spacial score (nSPS) is 35.6. The number of hydrogen-bond acceptors (Lipinski definition) is 3. The maximum absolute atomic E-state index is 8.97. The largest absolute Gasteiger partial charge is 0.329 e. The monoisotopic (exact) mass is 247 g/mol. The van der Waals surface area contributed by atoms with Crippen molar-refractivity contribution >= 4 is 9.03 Å². The van der Waals surface area contributed by atoms with Crippen LogP contribution < -0.4 is 0 Å². The lowest BCUT2D eigenvalue weighted by atomic mass is 9.90. The third-order valence-electron chi connectivity index (χ3n) is 3.96. The van der Waals surface area contributed by atoms with Gasteiger partial charge in [-0.1, -0.05) is 19.9 Å². The van der Waals surface area contributed by atoms with Crippen LogP contribution in [0.4, 0.5) is 0 Å². The molecule has 4 unspecified atom stereocenters. The van der Waals surface area contributed by atoms with E-state index in [4.69, 9.17) is 14.3 Å². The summed E-state index contributed by atoms with van der Waals surface area (Å²) in [6.07, 6.45) is 1.02. The van der Waals surface area contributed by atoms with Crippen LogP contribution in [0.25, 0.3) is 0 Å². The molecule has 0 radical (unpaired) electrons. The molecule has 17 heavy (non-hydrogen) atoms. The minimum atomic E-state index is -0.277. The van der Waals surface area contributed by atoms with Gasteiger partial charge in [-0.05, 0) is 29.7 Å². The zero-order valence-electron chi connectivity index (χ0n) is 9.86. The number of fused-ring (bicyclic) bond motifs is 3. The van der Waals surface area contributed by atoms with Crippen LogP contribution in [-0.2, 0) is 14.6 Å². The molecule has 0 saturated carbocycles. The van der Waals surface area contributed by atoms with Crippen molar-refractivity contribution in [1.29, 1.82) is 5.26 Å². The molecular formula is C13H14NO2P. The number of hydrogen-bond donors (Lipinski definition) is 0. The van der Waals surface area contributed by atoms with Gasteiger partial charge in [0.1, 0.15) is 11.7 Å². The van der Waals surface area contributed by atoms with Crippen molar-refractivity contribution in [2.24, 2.45) is 0 Å². The highest BCUT2D eigenvalue weighted by Gasteiger charge is 2.55. The first-order chi connectivity index (χ1) is 8.23. The summed E-state index contributed by atoms with van der Waals surface area (Å²) in [6, 6.07) is 8.08. The molecule has 1 aromatic carbocycles. The average molecular weight is 247 g/mol. The summed E-state index contributed by atoms with van der Waals surface area (Å²) in [5.74, 6) is 0.299. The van der Waals surface area contributed by atoms with E-state index in [1.54, 1.807) is 0 Å². The lowest BCUT2D eigenvalue weighted by Crippen LogP contribution is -2.33. The molecular weight excluding hydrogens is 233 g/mol. The summed E-state index contributed by atoms with van der Waals surface area (Å²) < 4.78 is 11.7. The van der Waals surface area contributed by atoms with E-state index in [2.05, 4.69) is 19.9 Å². The van der Waals surface area contributed by atoms with Crippen molar-refractivity contribution in [1.82, 2.24) is 0 Å². The predicted octanol–water partition coefficient (Wildman–Crippen LogP) is 3.20. The van der Waals surface area contributed by atoms with E-state index in [0.717, 1.165) is 6.42 Å². The first-order valence-electron chi connectivity index (χ1n) is 5.86. The van der Waals surface area contributed by atoms with E-state index in [0.29, 0.717) is 11.5 Å². The van der Waals surface area contributed by atoms with Crippen molar-refractivity contribution in [2.45, 2.75) is 37.9 Å². The SMILES string of the molecule is CCC12OPOC1C(C)c1cc(C#N)ccc12. The molecule has 0 N–H and O–H groups in total. The molecule has 0 aromatic heterocycles. The van der Waals surface area contributed by atoms with Crippen molar-refractivity contribution in [3.8, 4) is 6.07 Å². The molecule has 4 atom stereocenters. The van der Waals surface area contributed by atoms with Gasteiger partial charge in [-0.25, -0.2) is 0 Å². The Bertz CT molecular complexity index is 511. The fraction of sp³-hybridized carbons (Fsp3) is 0.462. The second-order valence-corrected chi connectivity index (χ2v) is 5.28. The number of rotatable bonds is 1. The molecule has 0 bridgehead atoms. The molecule has 1 aromatic rings. The molecule has 4 heteroatoms. The minimum Gasteiger partial charge on any atom is -0.329 e. The lowest BCUT2D eigenvalue weighted by molar-refractivity contribution is 0.0360. The fourth-order valence-corrected chi connectivity index (χ4v) is 4.10. The minimum absolute atomic E-state index is 0.106. The quantitative estimate of drug-likeness (QED) is 0.715. The first-order valence-corrected chi connectivity index (χ1v) is 6.67. The third-order valence-corrected chi connectivity index (χ3v) is 4.76. The van der Waals surface area contributed by atoms with Gasteiger partial charge >= 0.3 is 0 Å². The highest BCUT2D eigenvalue weighted by atomic mass is 31.1.